The van der Waals surface area contributed by atoms with Crippen LogP contribution in [0.25, 0.3) is 0 Å². The van der Waals surface area contributed by atoms with Gasteiger partial charge in [-0.1, -0.05) is 386 Å². The van der Waals surface area contributed by atoms with Crippen LogP contribution >= 0.6 is 0 Å². The molecule has 0 aromatic carbocycles. The number of unbranched alkanes of at least 4 members (excludes halogenated alkanes) is 58. The second-order valence-electron chi connectivity index (χ2n) is 25.3. The van der Waals surface area contributed by atoms with Crippen molar-refractivity contribution in [2.75, 3.05) is 13.2 Å². The summed E-state index contributed by atoms with van der Waals surface area (Å²) in [4.78, 5) is 24.5. The van der Waals surface area contributed by atoms with Crippen LogP contribution in [0.4, 0.5) is 0 Å². The molecule has 0 aromatic heterocycles. The molecule has 78 heavy (non-hydrogen) atoms. The van der Waals surface area contributed by atoms with Gasteiger partial charge in [-0.05, 0) is 25.7 Å². The highest BCUT2D eigenvalue weighted by Crippen LogP contribution is 2.20. The smallest absolute Gasteiger partial charge is 0.305 e. The van der Waals surface area contributed by atoms with E-state index in [1.807, 2.05) is 0 Å². The van der Waals surface area contributed by atoms with Gasteiger partial charge in [-0.25, -0.2) is 0 Å². The summed E-state index contributed by atoms with van der Waals surface area (Å²) in [6, 6.07) is -0.533. The quantitative estimate of drug-likeness (QED) is 0.0417. The van der Waals surface area contributed by atoms with E-state index in [4.69, 9.17) is 4.74 Å². The highest BCUT2D eigenvalue weighted by Gasteiger charge is 2.20. The Kier molecular flexibility index (Phi) is 67.4. The molecule has 0 aromatic rings. The maximum absolute atomic E-state index is 12.4. The summed E-state index contributed by atoms with van der Waals surface area (Å²) in [5, 5.41) is 23.2. The SMILES string of the molecule is CCCCCCCCCCCCCCCCCC(=O)OCCCCCCCCCCCCCCCCCCCCCCCCCCCCCCCCCCCCCCCC(=O)NC(CO)C(O)CCCCCCCCCCC. The first kappa shape index (κ1) is 76.9. The molecule has 0 radical (unpaired) electrons. The Hall–Kier alpha value is -1.14. The third-order valence-corrected chi connectivity index (χ3v) is 17.4. The molecule has 0 saturated heterocycles. The molecular weight excluding hydrogens is 959 g/mol. The van der Waals surface area contributed by atoms with Crippen LogP contribution in [0, 0.1) is 0 Å². The summed E-state index contributed by atoms with van der Waals surface area (Å²) >= 11 is 0. The Morgan fingerprint density at radius 3 is 0.782 bits per heavy atom. The molecule has 3 N–H and O–H groups in total. The standard InChI is InChI=1S/C72H143NO5/c1-3-5-7-9-11-13-14-15-39-43-46-50-54-58-62-66-72(77)78-67-63-59-55-51-47-44-41-38-36-34-32-30-28-26-24-22-20-18-16-17-19-21-23-25-27-29-31-33-35-37-40-42-45-49-53-57-61-65-71(76)73-69(68-74)70(75)64-60-56-52-48-12-10-8-6-4-2/h69-70,74-75H,3-68H2,1-2H3,(H,73,76). The van der Waals surface area contributed by atoms with Crippen LogP contribution < -0.4 is 5.32 Å². The molecule has 0 aliphatic heterocycles. The molecular formula is C72H143NO5. The van der Waals surface area contributed by atoms with Crippen molar-refractivity contribution in [3.63, 3.8) is 0 Å². The largest absolute Gasteiger partial charge is 0.466 e. The van der Waals surface area contributed by atoms with Crippen molar-refractivity contribution in [2.24, 2.45) is 0 Å². The predicted octanol–water partition coefficient (Wildman–Crippen LogP) is 23.4. The molecule has 0 spiro atoms. The molecule has 2 unspecified atom stereocenters. The highest BCUT2D eigenvalue weighted by atomic mass is 16.5. The zero-order valence-electron chi connectivity index (χ0n) is 53.4. The van der Waals surface area contributed by atoms with Gasteiger partial charge in [0.2, 0.25) is 5.91 Å². The van der Waals surface area contributed by atoms with Crippen LogP contribution in [0.3, 0.4) is 0 Å². The molecule has 0 heterocycles. The van der Waals surface area contributed by atoms with Gasteiger partial charge >= 0.3 is 5.97 Å². The molecule has 0 rings (SSSR count). The van der Waals surface area contributed by atoms with Gasteiger partial charge in [0, 0.05) is 12.8 Å². The fourth-order valence-corrected chi connectivity index (χ4v) is 11.9. The third-order valence-electron chi connectivity index (χ3n) is 17.4. The van der Waals surface area contributed by atoms with Crippen molar-refractivity contribution >= 4 is 11.9 Å². The normalized spacial score (nSPS) is 12.4. The van der Waals surface area contributed by atoms with Gasteiger partial charge in [0.25, 0.3) is 0 Å². The molecule has 2 atom stereocenters. The number of aliphatic hydroxyl groups excluding tert-OH is 2. The minimum absolute atomic E-state index is 0.0273. The zero-order valence-corrected chi connectivity index (χ0v) is 53.4. The first-order valence-corrected chi connectivity index (χ1v) is 36.3. The number of nitrogens with one attached hydrogen (secondary N) is 1. The number of aliphatic hydroxyl groups is 2. The molecule has 1 amide bonds. The highest BCUT2D eigenvalue weighted by molar-refractivity contribution is 5.76. The van der Waals surface area contributed by atoms with Gasteiger partial charge < -0.3 is 20.3 Å². The average molecular weight is 1100 g/mol. The second-order valence-corrected chi connectivity index (χ2v) is 25.3. The van der Waals surface area contributed by atoms with Crippen LogP contribution in [-0.2, 0) is 14.3 Å². The minimum Gasteiger partial charge on any atom is -0.466 e. The fourth-order valence-electron chi connectivity index (χ4n) is 11.9. The maximum Gasteiger partial charge on any atom is 0.305 e. The van der Waals surface area contributed by atoms with Crippen LogP contribution in [0.1, 0.15) is 425 Å². The number of carbonyl (C=O) groups excluding carboxylic acids is 2. The summed E-state index contributed by atoms with van der Waals surface area (Å²) < 4.78 is 5.51. The lowest BCUT2D eigenvalue weighted by Gasteiger charge is -2.22. The number of hydrogen-bond acceptors (Lipinski definition) is 5. The number of esters is 1. The molecule has 466 valence electrons. The van der Waals surface area contributed by atoms with Gasteiger partial charge in [-0.2, -0.15) is 0 Å². The van der Waals surface area contributed by atoms with Crippen LogP contribution in [0.5, 0.6) is 0 Å². The predicted molar refractivity (Wildman–Crippen MR) is 343 cm³/mol. The molecule has 0 aliphatic carbocycles. The monoisotopic (exact) mass is 1100 g/mol. The van der Waals surface area contributed by atoms with Crippen LogP contribution in [0.15, 0.2) is 0 Å². The topological polar surface area (TPSA) is 95.9 Å². The van der Waals surface area contributed by atoms with Crippen molar-refractivity contribution in [2.45, 2.75) is 437 Å². The Labute approximate surface area is 489 Å². The van der Waals surface area contributed by atoms with Crippen molar-refractivity contribution in [1.29, 1.82) is 0 Å². The first-order chi connectivity index (χ1) is 38.5. The van der Waals surface area contributed by atoms with Crippen LogP contribution in [0.2, 0.25) is 0 Å². The molecule has 0 fully saturated rings. The van der Waals surface area contributed by atoms with E-state index in [9.17, 15) is 19.8 Å². The lowest BCUT2D eigenvalue weighted by atomic mass is 10.0. The zero-order chi connectivity index (χ0) is 56.4. The number of carbonyl (C=O) groups is 2. The number of amides is 1. The van der Waals surface area contributed by atoms with Crippen molar-refractivity contribution < 1.29 is 24.5 Å². The molecule has 0 bridgehead atoms. The van der Waals surface area contributed by atoms with Gasteiger partial charge in [0.1, 0.15) is 0 Å². The van der Waals surface area contributed by atoms with E-state index in [2.05, 4.69) is 19.2 Å². The van der Waals surface area contributed by atoms with E-state index in [0.29, 0.717) is 25.9 Å². The van der Waals surface area contributed by atoms with Crippen LogP contribution in [-0.4, -0.2) is 47.4 Å². The number of ether oxygens (including phenoxy) is 1. The van der Waals surface area contributed by atoms with E-state index >= 15 is 0 Å². The minimum atomic E-state index is -0.656. The van der Waals surface area contributed by atoms with Crippen molar-refractivity contribution in [3.05, 3.63) is 0 Å². The Morgan fingerprint density at radius 2 is 0.526 bits per heavy atom. The molecule has 6 nitrogen and oxygen atoms in total. The van der Waals surface area contributed by atoms with E-state index in [0.717, 1.165) is 38.5 Å². The maximum atomic E-state index is 12.4. The Morgan fingerprint density at radius 1 is 0.308 bits per heavy atom. The van der Waals surface area contributed by atoms with Gasteiger partial charge in [0.05, 0.1) is 25.4 Å². The summed E-state index contributed by atoms with van der Waals surface area (Å²) in [6.07, 6.45) is 83.4. The lowest BCUT2D eigenvalue weighted by Crippen LogP contribution is -2.45. The van der Waals surface area contributed by atoms with Gasteiger partial charge in [0.15, 0.2) is 0 Å². The number of rotatable bonds is 69. The van der Waals surface area contributed by atoms with Crippen molar-refractivity contribution in [1.82, 2.24) is 5.32 Å². The Balaban J connectivity index is 3.25. The van der Waals surface area contributed by atoms with E-state index in [1.54, 1.807) is 0 Å². The van der Waals surface area contributed by atoms with Gasteiger partial charge in [-0.3, -0.25) is 9.59 Å². The summed E-state index contributed by atoms with van der Waals surface area (Å²) in [7, 11) is 0. The summed E-state index contributed by atoms with van der Waals surface area (Å²) in [6.45, 7) is 4.98. The summed E-state index contributed by atoms with van der Waals surface area (Å²) in [5.74, 6) is -0.00180. The first-order valence-electron chi connectivity index (χ1n) is 36.3. The molecule has 0 saturated carbocycles. The van der Waals surface area contributed by atoms with Gasteiger partial charge in [-0.15, -0.1) is 0 Å². The van der Waals surface area contributed by atoms with Crippen molar-refractivity contribution in [3.8, 4) is 0 Å². The molecule has 0 aliphatic rings. The van der Waals surface area contributed by atoms with E-state index in [1.165, 1.54) is 353 Å². The number of hydrogen-bond donors (Lipinski definition) is 3. The Bertz CT molecular complexity index is 1130. The average Bonchev–Trinajstić information content (AvgIpc) is 3.44. The van der Waals surface area contributed by atoms with E-state index < -0.39 is 12.1 Å². The fraction of sp³-hybridized carbons (Fsp3) is 0.972. The molecule has 6 heteroatoms. The third kappa shape index (κ3) is 64.0. The second kappa shape index (κ2) is 68.4. The lowest BCUT2D eigenvalue weighted by molar-refractivity contribution is -0.143. The summed E-state index contributed by atoms with van der Waals surface area (Å²) in [5.41, 5.74) is 0. The van der Waals surface area contributed by atoms with E-state index in [-0.39, 0.29) is 18.5 Å².